The largest absolute Gasteiger partial charge is 0.469 e. The quantitative estimate of drug-likeness (QED) is 0.734. The van der Waals surface area contributed by atoms with Crippen molar-refractivity contribution in [3.63, 3.8) is 0 Å². The molecule has 100 valence electrons. The van der Waals surface area contributed by atoms with Gasteiger partial charge in [0, 0.05) is 12.5 Å². The molecule has 0 aliphatic heterocycles. The lowest BCUT2D eigenvalue weighted by molar-refractivity contribution is 0.460. The Morgan fingerprint density at radius 1 is 1.33 bits per heavy atom. The first-order valence-electron chi connectivity index (χ1n) is 7.28. The summed E-state index contributed by atoms with van der Waals surface area (Å²) in [6, 6.07) is 4.59. The van der Waals surface area contributed by atoms with Crippen molar-refractivity contribution in [1.82, 2.24) is 5.32 Å². The first kappa shape index (κ1) is 13.4. The molecule has 1 unspecified atom stereocenters. The van der Waals surface area contributed by atoms with Crippen molar-refractivity contribution < 1.29 is 4.42 Å². The van der Waals surface area contributed by atoms with Gasteiger partial charge in [-0.15, -0.1) is 0 Å². The van der Waals surface area contributed by atoms with Gasteiger partial charge < -0.3 is 9.73 Å². The van der Waals surface area contributed by atoms with Crippen molar-refractivity contribution in [3.05, 3.63) is 35.8 Å². The zero-order valence-electron chi connectivity index (χ0n) is 11.5. The van der Waals surface area contributed by atoms with Crippen LogP contribution in [0.5, 0.6) is 0 Å². The Morgan fingerprint density at radius 3 is 3.00 bits per heavy atom. The van der Waals surface area contributed by atoms with E-state index in [0.717, 1.165) is 25.1 Å². The van der Waals surface area contributed by atoms with E-state index < -0.39 is 0 Å². The number of rotatable bonds is 7. The van der Waals surface area contributed by atoms with Gasteiger partial charge >= 0.3 is 0 Å². The van der Waals surface area contributed by atoms with Gasteiger partial charge in [0.25, 0.3) is 0 Å². The molecule has 0 bridgehead atoms. The number of aryl methyl sites for hydroxylation is 1. The lowest BCUT2D eigenvalue weighted by Crippen LogP contribution is -2.27. The predicted octanol–water partition coefficient (Wildman–Crippen LogP) is 4.08. The minimum Gasteiger partial charge on any atom is -0.469 e. The summed E-state index contributed by atoms with van der Waals surface area (Å²) in [5, 5.41) is 3.61. The molecule has 0 radical (unpaired) electrons. The smallest absolute Gasteiger partial charge is 0.103 e. The minimum atomic E-state index is 0.569. The van der Waals surface area contributed by atoms with E-state index in [9.17, 15) is 0 Å². The number of hydrogen-bond donors (Lipinski definition) is 1. The topological polar surface area (TPSA) is 25.2 Å². The standard InChI is InChI=1S/C16H25NO/c1-14(9-10-16-8-5-13-18-16)17-12-11-15-6-3-2-4-7-15/h5-6,8,13-14,17H,2-4,7,9-12H2,1H3. The molecule has 0 spiro atoms. The number of nitrogens with one attached hydrogen (secondary N) is 1. The van der Waals surface area contributed by atoms with Crippen LogP contribution in [0.1, 0.15) is 51.2 Å². The molecule has 2 nitrogen and oxygen atoms in total. The van der Waals surface area contributed by atoms with E-state index in [1.807, 2.05) is 6.07 Å². The minimum absolute atomic E-state index is 0.569. The van der Waals surface area contributed by atoms with Gasteiger partial charge in [-0.3, -0.25) is 0 Å². The molecule has 1 aromatic rings. The second-order valence-electron chi connectivity index (χ2n) is 5.33. The lowest BCUT2D eigenvalue weighted by Gasteiger charge is -2.16. The summed E-state index contributed by atoms with van der Waals surface area (Å²) in [5.41, 5.74) is 1.66. The lowest BCUT2D eigenvalue weighted by atomic mass is 9.97. The predicted molar refractivity (Wildman–Crippen MR) is 75.7 cm³/mol. The Hall–Kier alpha value is -1.02. The van der Waals surface area contributed by atoms with Gasteiger partial charge in [-0.1, -0.05) is 11.6 Å². The maximum atomic E-state index is 5.35. The van der Waals surface area contributed by atoms with Crippen LogP contribution in [0.4, 0.5) is 0 Å². The molecule has 0 aromatic carbocycles. The summed E-state index contributed by atoms with van der Waals surface area (Å²) in [4.78, 5) is 0. The molecule has 1 N–H and O–H groups in total. The van der Waals surface area contributed by atoms with Crippen molar-refractivity contribution >= 4 is 0 Å². The fraction of sp³-hybridized carbons (Fsp3) is 0.625. The van der Waals surface area contributed by atoms with E-state index in [1.165, 1.54) is 32.1 Å². The number of furan rings is 1. The maximum absolute atomic E-state index is 5.35. The third-order valence-corrected chi connectivity index (χ3v) is 3.73. The normalized spacial score (nSPS) is 17.5. The van der Waals surface area contributed by atoms with E-state index in [0.29, 0.717) is 6.04 Å². The molecule has 2 rings (SSSR count). The highest BCUT2D eigenvalue weighted by atomic mass is 16.3. The van der Waals surface area contributed by atoms with E-state index in [2.05, 4.69) is 24.4 Å². The zero-order chi connectivity index (χ0) is 12.6. The Labute approximate surface area is 110 Å². The van der Waals surface area contributed by atoms with Crippen molar-refractivity contribution in [2.75, 3.05) is 6.54 Å². The van der Waals surface area contributed by atoms with E-state index in [4.69, 9.17) is 4.42 Å². The van der Waals surface area contributed by atoms with Gasteiger partial charge in [0.1, 0.15) is 5.76 Å². The second-order valence-corrected chi connectivity index (χ2v) is 5.33. The van der Waals surface area contributed by atoms with Crippen LogP contribution >= 0.6 is 0 Å². The summed E-state index contributed by atoms with van der Waals surface area (Å²) in [7, 11) is 0. The Balaban J connectivity index is 1.57. The van der Waals surface area contributed by atoms with Crippen molar-refractivity contribution in [3.8, 4) is 0 Å². The van der Waals surface area contributed by atoms with Crippen LogP contribution in [0.2, 0.25) is 0 Å². The van der Waals surface area contributed by atoms with Crippen molar-refractivity contribution in [1.29, 1.82) is 0 Å². The van der Waals surface area contributed by atoms with Gasteiger partial charge in [-0.2, -0.15) is 0 Å². The fourth-order valence-corrected chi connectivity index (χ4v) is 2.53. The monoisotopic (exact) mass is 247 g/mol. The average molecular weight is 247 g/mol. The number of allylic oxidation sites excluding steroid dienone is 1. The fourth-order valence-electron chi connectivity index (χ4n) is 2.53. The van der Waals surface area contributed by atoms with Gasteiger partial charge in [0.05, 0.1) is 6.26 Å². The van der Waals surface area contributed by atoms with E-state index in [-0.39, 0.29) is 0 Å². The van der Waals surface area contributed by atoms with Crippen LogP contribution in [0.3, 0.4) is 0 Å². The van der Waals surface area contributed by atoms with Crippen molar-refractivity contribution in [2.24, 2.45) is 0 Å². The highest BCUT2D eigenvalue weighted by molar-refractivity contribution is 5.05. The Kier molecular flexibility index (Phi) is 5.53. The number of hydrogen-bond acceptors (Lipinski definition) is 2. The van der Waals surface area contributed by atoms with Crippen LogP contribution in [0, 0.1) is 0 Å². The SMILES string of the molecule is CC(CCc1ccco1)NCCC1=CCCCC1. The molecule has 1 heterocycles. The van der Waals surface area contributed by atoms with Gasteiger partial charge in [0.2, 0.25) is 0 Å². The van der Waals surface area contributed by atoms with Crippen LogP contribution in [0.15, 0.2) is 34.5 Å². The summed E-state index contributed by atoms with van der Waals surface area (Å²) < 4.78 is 5.35. The highest BCUT2D eigenvalue weighted by Crippen LogP contribution is 2.19. The maximum Gasteiger partial charge on any atom is 0.103 e. The first-order chi connectivity index (χ1) is 8.84. The van der Waals surface area contributed by atoms with E-state index in [1.54, 1.807) is 11.8 Å². The average Bonchev–Trinajstić information content (AvgIpc) is 2.91. The highest BCUT2D eigenvalue weighted by Gasteiger charge is 2.06. The summed E-state index contributed by atoms with van der Waals surface area (Å²) >= 11 is 0. The molecule has 1 atom stereocenters. The van der Waals surface area contributed by atoms with Crippen LogP contribution in [-0.2, 0) is 6.42 Å². The van der Waals surface area contributed by atoms with E-state index >= 15 is 0 Å². The second kappa shape index (κ2) is 7.42. The Morgan fingerprint density at radius 2 is 2.28 bits per heavy atom. The van der Waals surface area contributed by atoms with Crippen LogP contribution < -0.4 is 5.32 Å². The van der Waals surface area contributed by atoms with Gasteiger partial charge in [-0.25, -0.2) is 0 Å². The summed E-state index contributed by atoms with van der Waals surface area (Å²) in [6.07, 6.45) is 13.0. The summed E-state index contributed by atoms with van der Waals surface area (Å²) in [6.45, 7) is 3.38. The molecule has 0 amide bonds. The molecule has 1 aliphatic rings. The molecular weight excluding hydrogens is 222 g/mol. The molecule has 0 saturated heterocycles. The van der Waals surface area contributed by atoms with Crippen molar-refractivity contribution in [2.45, 2.75) is 57.9 Å². The van der Waals surface area contributed by atoms with Gasteiger partial charge in [-0.05, 0) is 64.1 Å². The summed E-state index contributed by atoms with van der Waals surface area (Å²) in [5.74, 6) is 1.10. The molecule has 2 heteroatoms. The zero-order valence-corrected chi connectivity index (χ0v) is 11.5. The third kappa shape index (κ3) is 4.69. The van der Waals surface area contributed by atoms with Gasteiger partial charge in [0.15, 0.2) is 0 Å². The molecule has 0 saturated carbocycles. The molecule has 0 fully saturated rings. The molecular formula is C16H25NO. The molecule has 1 aromatic heterocycles. The third-order valence-electron chi connectivity index (χ3n) is 3.73. The van der Waals surface area contributed by atoms with Crippen LogP contribution in [-0.4, -0.2) is 12.6 Å². The van der Waals surface area contributed by atoms with Crippen LogP contribution in [0.25, 0.3) is 0 Å². The molecule has 1 aliphatic carbocycles. The first-order valence-corrected chi connectivity index (χ1v) is 7.28. The Bertz CT molecular complexity index is 353. The molecule has 18 heavy (non-hydrogen) atoms.